The molecule has 1 aromatic heterocycles. The Hall–Kier alpha value is -2.67. The normalized spacial score (nSPS) is 10.5. The van der Waals surface area contributed by atoms with Crippen LogP contribution in [-0.2, 0) is 11.3 Å². The van der Waals surface area contributed by atoms with E-state index in [0.29, 0.717) is 5.56 Å². The summed E-state index contributed by atoms with van der Waals surface area (Å²) in [4.78, 5) is 24.9. The standard InChI is InChI=1S/C15H16FN3O3/c1-19(9-11-5-2-3-6-12(11)16)10-14(20)17-18-15(21)13-7-4-8-22-13/h2-8H,9-10H2,1H3,(H,17,20)(H,18,21). The first kappa shape index (κ1) is 15.7. The molecule has 1 heterocycles. The molecular formula is C15H16FN3O3. The summed E-state index contributed by atoms with van der Waals surface area (Å²) in [5.41, 5.74) is 5.00. The van der Waals surface area contributed by atoms with Crippen molar-refractivity contribution in [1.29, 1.82) is 0 Å². The fraction of sp³-hybridized carbons (Fsp3) is 0.200. The van der Waals surface area contributed by atoms with Crippen LogP contribution in [0.3, 0.4) is 0 Å². The molecule has 2 aromatic rings. The van der Waals surface area contributed by atoms with Crippen LogP contribution >= 0.6 is 0 Å². The Balaban J connectivity index is 1.77. The number of carbonyl (C=O) groups is 2. The van der Waals surface area contributed by atoms with Gasteiger partial charge in [0.2, 0.25) is 0 Å². The smallest absolute Gasteiger partial charge is 0.305 e. The van der Waals surface area contributed by atoms with E-state index in [2.05, 4.69) is 10.9 Å². The van der Waals surface area contributed by atoms with Crippen molar-refractivity contribution in [1.82, 2.24) is 15.8 Å². The van der Waals surface area contributed by atoms with Gasteiger partial charge in [0.1, 0.15) is 5.82 Å². The fourth-order valence-corrected chi connectivity index (χ4v) is 1.85. The van der Waals surface area contributed by atoms with Crippen molar-refractivity contribution in [3.8, 4) is 0 Å². The van der Waals surface area contributed by atoms with Crippen LogP contribution in [0.25, 0.3) is 0 Å². The SMILES string of the molecule is CN(CC(=O)NNC(=O)c1ccco1)Cc1ccccc1F. The van der Waals surface area contributed by atoms with E-state index in [1.165, 1.54) is 18.4 Å². The van der Waals surface area contributed by atoms with E-state index in [1.54, 1.807) is 36.2 Å². The number of furan rings is 1. The van der Waals surface area contributed by atoms with Crippen molar-refractivity contribution in [3.05, 3.63) is 59.8 Å². The topological polar surface area (TPSA) is 74.6 Å². The average Bonchev–Trinajstić information content (AvgIpc) is 3.01. The van der Waals surface area contributed by atoms with Gasteiger partial charge in [-0.15, -0.1) is 0 Å². The number of halogens is 1. The van der Waals surface area contributed by atoms with Crippen LogP contribution in [0.2, 0.25) is 0 Å². The summed E-state index contributed by atoms with van der Waals surface area (Å²) in [5.74, 6) is -1.19. The van der Waals surface area contributed by atoms with E-state index >= 15 is 0 Å². The van der Waals surface area contributed by atoms with Gasteiger partial charge in [0.15, 0.2) is 5.76 Å². The van der Waals surface area contributed by atoms with Crippen LogP contribution in [0.15, 0.2) is 47.1 Å². The van der Waals surface area contributed by atoms with E-state index in [0.717, 1.165) is 0 Å². The molecule has 0 saturated carbocycles. The quantitative estimate of drug-likeness (QED) is 0.817. The van der Waals surface area contributed by atoms with E-state index in [9.17, 15) is 14.0 Å². The number of hydrogen-bond donors (Lipinski definition) is 2. The third-order valence-electron chi connectivity index (χ3n) is 2.87. The molecule has 2 rings (SSSR count). The molecule has 116 valence electrons. The van der Waals surface area contributed by atoms with Crippen LogP contribution in [0.4, 0.5) is 4.39 Å². The van der Waals surface area contributed by atoms with Crippen LogP contribution in [0.5, 0.6) is 0 Å². The largest absolute Gasteiger partial charge is 0.459 e. The molecule has 0 aliphatic heterocycles. The van der Waals surface area contributed by atoms with Crippen molar-refractivity contribution in [2.24, 2.45) is 0 Å². The Morgan fingerprint density at radius 1 is 1.18 bits per heavy atom. The lowest BCUT2D eigenvalue weighted by Gasteiger charge is -2.16. The number of nitrogens with one attached hydrogen (secondary N) is 2. The summed E-state index contributed by atoms with van der Waals surface area (Å²) in [7, 11) is 1.68. The summed E-state index contributed by atoms with van der Waals surface area (Å²) in [6.45, 7) is 0.291. The third-order valence-corrected chi connectivity index (χ3v) is 2.87. The number of hydrazine groups is 1. The maximum absolute atomic E-state index is 13.5. The minimum Gasteiger partial charge on any atom is -0.459 e. The molecule has 0 aliphatic carbocycles. The fourth-order valence-electron chi connectivity index (χ4n) is 1.85. The molecule has 0 saturated heterocycles. The lowest BCUT2D eigenvalue weighted by Crippen LogP contribution is -2.45. The minimum absolute atomic E-state index is 0.00672. The number of likely N-dealkylation sites (N-methyl/N-ethyl adjacent to an activating group) is 1. The molecule has 0 spiro atoms. The zero-order chi connectivity index (χ0) is 15.9. The summed E-state index contributed by atoms with van der Waals surface area (Å²) in [6, 6.07) is 9.41. The summed E-state index contributed by atoms with van der Waals surface area (Å²) < 4.78 is 18.4. The predicted octanol–water partition coefficient (Wildman–Crippen LogP) is 1.31. The zero-order valence-corrected chi connectivity index (χ0v) is 12.0. The van der Waals surface area contributed by atoms with E-state index in [-0.39, 0.29) is 24.7 Å². The van der Waals surface area contributed by atoms with Gasteiger partial charge in [-0.05, 0) is 25.2 Å². The molecule has 0 atom stereocenters. The molecule has 6 nitrogen and oxygen atoms in total. The number of nitrogens with zero attached hydrogens (tertiary/aromatic N) is 1. The molecule has 0 fully saturated rings. The van der Waals surface area contributed by atoms with Crippen molar-refractivity contribution in [2.45, 2.75) is 6.54 Å². The second-order valence-corrected chi connectivity index (χ2v) is 4.74. The second kappa shape index (κ2) is 7.37. The van der Waals surface area contributed by atoms with E-state index < -0.39 is 11.8 Å². The average molecular weight is 305 g/mol. The van der Waals surface area contributed by atoms with Gasteiger partial charge in [0.25, 0.3) is 5.91 Å². The highest BCUT2D eigenvalue weighted by atomic mass is 19.1. The maximum atomic E-state index is 13.5. The summed E-state index contributed by atoms with van der Waals surface area (Å²) in [6.07, 6.45) is 1.36. The van der Waals surface area contributed by atoms with E-state index in [4.69, 9.17) is 4.42 Å². The van der Waals surface area contributed by atoms with Crippen molar-refractivity contribution >= 4 is 11.8 Å². The second-order valence-electron chi connectivity index (χ2n) is 4.74. The van der Waals surface area contributed by atoms with Crippen LogP contribution in [0.1, 0.15) is 16.1 Å². The van der Waals surface area contributed by atoms with Crippen LogP contribution in [-0.4, -0.2) is 30.3 Å². The van der Waals surface area contributed by atoms with Gasteiger partial charge < -0.3 is 4.42 Å². The lowest BCUT2D eigenvalue weighted by molar-refractivity contribution is -0.122. The van der Waals surface area contributed by atoms with Gasteiger partial charge in [0.05, 0.1) is 12.8 Å². The van der Waals surface area contributed by atoms with E-state index in [1.807, 2.05) is 0 Å². The van der Waals surface area contributed by atoms with Gasteiger partial charge in [-0.3, -0.25) is 25.3 Å². The lowest BCUT2D eigenvalue weighted by atomic mass is 10.2. The summed E-state index contributed by atoms with van der Waals surface area (Å²) in [5, 5.41) is 0. The molecule has 7 heteroatoms. The Labute approximate surface area is 126 Å². The minimum atomic E-state index is -0.546. The number of hydrogen-bond acceptors (Lipinski definition) is 4. The zero-order valence-electron chi connectivity index (χ0n) is 12.0. The highest BCUT2D eigenvalue weighted by Gasteiger charge is 2.12. The molecule has 22 heavy (non-hydrogen) atoms. The molecular weight excluding hydrogens is 289 g/mol. The monoisotopic (exact) mass is 305 g/mol. The van der Waals surface area contributed by atoms with Crippen molar-refractivity contribution in [2.75, 3.05) is 13.6 Å². The Morgan fingerprint density at radius 2 is 1.95 bits per heavy atom. The molecule has 0 unspecified atom stereocenters. The van der Waals surface area contributed by atoms with Gasteiger partial charge in [-0.25, -0.2) is 4.39 Å². The molecule has 2 N–H and O–H groups in total. The molecule has 2 amide bonds. The third kappa shape index (κ3) is 4.42. The number of carbonyl (C=O) groups excluding carboxylic acids is 2. The Bertz CT molecular complexity index is 643. The number of amides is 2. The van der Waals surface area contributed by atoms with Gasteiger partial charge >= 0.3 is 5.91 Å². The van der Waals surface area contributed by atoms with Gasteiger partial charge in [-0.2, -0.15) is 0 Å². The Morgan fingerprint density at radius 3 is 2.64 bits per heavy atom. The first-order valence-corrected chi connectivity index (χ1v) is 6.61. The highest BCUT2D eigenvalue weighted by Crippen LogP contribution is 2.08. The van der Waals surface area contributed by atoms with Crippen molar-refractivity contribution in [3.63, 3.8) is 0 Å². The maximum Gasteiger partial charge on any atom is 0.305 e. The highest BCUT2D eigenvalue weighted by molar-refractivity contribution is 5.93. The molecule has 0 bridgehead atoms. The van der Waals surface area contributed by atoms with Gasteiger partial charge in [0, 0.05) is 12.1 Å². The first-order valence-electron chi connectivity index (χ1n) is 6.61. The van der Waals surface area contributed by atoms with Gasteiger partial charge in [-0.1, -0.05) is 18.2 Å². The van der Waals surface area contributed by atoms with Crippen LogP contribution < -0.4 is 10.9 Å². The number of benzene rings is 1. The Kier molecular flexibility index (Phi) is 5.26. The summed E-state index contributed by atoms with van der Waals surface area (Å²) >= 11 is 0. The van der Waals surface area contributed by atoms with Crippen molar-refractivity contribution < 1.29 is 18.4 Å². The van der Waals surface area contributed by atoms with Crippen LogP contribution in [0, 0.1) is 5.82 Å². The molecule has 0 aliphatic rings. The molecule has 0 radical (unpaired) electrons. The number of rotatable bonds is 5. The molecule has 1 aromatic carbocycles. The first-order chi connectivity index (χ1) is 10.6. The predicted molar refractivity (Wildman–Crippen MR) is 77.1 cm³/mol.